The van der Waals surface area contributed by atoms with Gasteiger partial charge in [-0.15, -0.1) is 0 Å². The molecule has 0 amide bonds. The first-order chi connectivity index (χ1) is 7.22. The van der Waals surface area contributed by atoms with E-state index in [2.05, 4.69) is 10.1 Å². The Balaban J connectivity index is 2.58. The number of hydrogen-bond acceptors (Lipinski definition) is 3. The van der Waals surface area contributed by atoms with Gasteiger partial charge >= 0.3 is 0 Å². The molecule has 0 bridgehead atoms. The van der Waals surface area contributed by atoms with E-state index in [1.54, 1.807) is 0 Å². The van der Waals surface area contributed by atoms with E-state index in [0.717, 1.165) is 22.9 Å². The number of aryl methyl sites for hydroxylation is 2. The van der Waals surface area contributed by atoms with E-state index in [1.807, 2.05) is 42.8 Å². The lowest BCUT2D eigenvalue weighted by molar-refractivity contribution is 0.782. The fourth-order valence-corrected chi connectivity index (χ4v) is 1.59. The third-order valence-electron chi connectivity index (χ3n) is 2.31. The molecule has 0 aliphatic heterocycles. The second-order valence-corrected chi connectivity index (χ2v) is 3.48. The van der Waals surface area contributed by atoms with Crippen molar-refractivity contribution >= 4 is 0 Å². The summed E-state index contributed by atoms with van der Waals surface area (Å²) in [5.41, 5.74) is 7.83. The summed E-state index contributed by atoms with van der Waals surface area (Å²) in [4.78, 5) is 4.27. The topological polar surface area (TPSA) is 56.7 Å². The molecule has 1 aromatic carbocycles. The molecule has 2 rings (SSSR count). The zero-order chi connectivity index (χ0) is 10.8. The molecule has 0 unspecified atom stereocenters. The largest absolute Gasteiger partial charge is 0.324 e. The first-order valence-corrected chi connectivity index (χ1v) is 4.91. The van der Waals surface area contributed by atoms with Gasteiger partial charge in [-0.05, 0) is 25.5 Å². The summed E-state index contributed by atoms with van der Waals surface area (Å²) in [7, 11) is 0. The number of nitrogens with zero attached hydrogens (tertiary/aromatic N) is 3. The second-order valence-electron chi connectivity index (χ2n) is 3.48. The highest BCUT2D eigenvalue weighted by Gasteiger charge is 2.08. The van der Waals surface area contributed by atoms with Gasteiger partial charge in [0.1, 0.15) is 11.6 Å². The highest BCUT2D eigenvalue weighted by atomic mass is 15.4. The van der Waals surface area contributed by atoms with Crippen LogP contribution in [-0.4, -0.2) is 14.8 Å². The first kappa shape index (κ1) is 9.86. The third kappa shape index (κ3) is 1.76. The average Bonchev–Trinajstić information content (AvgIpc) is 2.60. The van der Waals surface area contributed by atoms with Crippen molar-refractivity contribution in [1.29, 1.82) is 0 Å². The van der Waals surface area contributed by atoms with Gasteiger partial charge in [-0.3, -0.25) is 0 Å². The SMILES string of the molecule is Cc1nc(CN)n(-c2ccccc2C)n1. The van der Waals surface area contributed by atoms with Crippen LogP contribution in [0.1, 0.15) is 17.2 Å². The Labute approximate surface area is 88.8 Å². The van der Waals surface area contributed by atoms with Crippen LogP contribution in [0.15, 0.2) is 24.3 Å². The molecule has 0 fully saturated rings. The van der Waals surface area contributed by atoms with Gasteiger partial charge in [0.25, 0.3) is 0 Å². The van der Waals surface area contributed by atoms with Crippen molar-refractivity contribution in [3.8, 4) is 5.69 Å². The van der Waals surface area contributed by atoms with Crippen molar-refractivity contribution in [2.24, 2.45) is 5.73 Å². The summed E-state index contributed by atoms with van der Waals surface area (Å²) in [6, 6.07) is 8.06. The lowest BCUT2D eigenvalue weighted by Crippen LogP contribution is -2.08. The van der Waals surface area contributed by atoms with Gasteiger partial charge < -0.3 is 5.73 Å². The lowest BCUT2D eigenvalue weighted by atomic mass is 10.2. The van der Waals surface area contributed by atoms with Crippen molar-refractivity contribution < 1.29 is 0 Å². The second kappa shape index (κ2) is 3.82. The van der Waals surface area contributed by atoms with Crippen molar-refractivity contribution in [2.75, 3.05) is 0 Å². The Hall–Kier alpha value is -1.68. The van der Waals surface area contributed by atoms with Crippen LogP contribution in [0.4, 0.5) is 0 Å². The zero-order valence-corrected chi connectivity index (χ0v) is 8.94. The number of rotatable bonds is 2. The molecule has 4 heteroatoms. The predicted molar refractivity (Wildman–Crippen MR) is 58.7 cm³/mol. The van der Waals surface area contributed by atoms with Gasteiger partial charge in [0.15, 0.2) is 0 Å². The molecule has 1 aromatic heterocycles. The highest BCUT2D eigenvalue weighted by Crippen LogP contribution is 2.14. The highest BCUT2D eigenvalue weighted by molar-refractivity contribution is 5.39. The molecular weight excluding hydrogens is 188 g/mol. The molecule has 0 saturated carbocycles. The third-order valence-corrected chi connectivity index (χ3v) is 2.31. The van der Waals surface area contributed by atoms with Crippen LogP contribution in [0.5, 0.6) is 0 Å². The normalized spacial score (nSPS) is 10.6. The Morgan fingerprint density at radius 3 is 2.67 bits per heavy atom. The maximum absolute atomic E-state index is 5.63. The fraction of sp³-hybridized carbons (Fsp3) is 0.273. The number of benzene rings is 1. The van der Waals surface area contributed by atoms with E-state index in [1.165, 1.54) is 0 Å². The minimum absolute atomic E-state index is 0.398. The van der Waals surface area contributed by atoms with Crippen molar-refractivity contribution in [3.63, 3.8) is 0 Å². The Kier molecular flexibility index (Phi) is 2.51. The van der Waals surface area contributed by atoms with Gasteiger partial charge in [-0.25, -0.2) is 9.67 Å². The lowest BCUT2D eigenvalue weighted by Gasteiger charge is -2.06. The smallest absolute Gasteiger partial charge is 0.148 e. The van der Waals surface area contributed by atoms with Crippen molar-refractivity contribution in [3.05, 3.63) is 41.5 Å². The van der Waals surface area contributed by atoms with E-state index in [-0.39, 0.29) is 0 Å². The molecule has 0 aliphatic carbocycles. The number of para-hydroxylation sites is 1. The molecular formula is C11H14N4. The molecule has 0 atom stereocenters. The van der Waals surface area contributed by atoms with Crippen LogP contribution < -0.4 is 5.73 Å². The zero-order valence-electron chi connectivity index (χ0n) is 8.94. The van der Waals surface area contributed by atoms with Crippen LogP contribution >= 0.6 is 0 Å². The summed E-state index contributed by atoms with van der Waals surface area (Å²) in [5, 5.41) is 4.34. The molecule has 78 valence electrons. The minimum Gasteiger partial charge on any atom is -0.324 e. The van der Waals surface area contributed by atoms with Crippen LogP contribution in [0.2, 0.25) is 0 Å². The standard InChI is InChI=1S/C11H14N4/c1-8-5-3-4-6-10(8)15-11(7-12)13-9(2)14-15/h3-6H,7,12H2,1-2H3. The maximum atomic E-state index is 5.63. The van der Waals surface area contributed by atoms with Crippen molar-refractivity contribution in [1.82, 2.24) is 14.8 Å². The Morgan fingerprint density at radius 1 is 1.27 bits per heavy atom. The van der Waals surface area contributed by atoms with Gasteiger partial charge in [0, 0.05) is 0 Å². The molecule has 4 nitrogen and oxygen atoms in total. The molecule has 1 heterocycles. The summed E-state index contributed by atoms with van der Waals surface area (Å²) in [6.07, 6.45) is 0. The van der Waals surface area contributed by atoms with E-state index in [9.17, 15) is 0 Å². The summed E-state index contributed by atoms with van der Waals surface area (Å²) in [5.74, 6) is 1.54. The monoisotopic (exact) mass is 202 g/mol. The minimum atomic E-state index is 0.398. The van der Waals surface area contributed by atoms with Gasteiger partial charge in [0.2, 0.25) is 0 Å². The first-order valence-electron chi connectivity index (χ1n) is 4.91. The molecule has 0 spiro atoms. The Morgan fingerprint density at radius 2 is 2.00 bits per heavy atom. The number of hydrogen-bond donors (Lipinski definition) is 1. The molecule has 2 N–H and O–H groups in total. The molecule has 0 aliphatic rings. The van der Waals surface area contributed by atoms with E-state index in [0.29, 0.717) is 6.54 Å². The number of nitrogens with two attached hydrogens (primary N) is 1. The van der Waals surface area contributed by atoms with Gasteiger partial charge in [-0.2, -0.15) is 5.10 Å². The summed E-state index contributed by atoms with van der Waals surface area (Å²) in [6.45, 7) is 4.32. The number of aromatic nitrogens is 3. The summed E-state index contributed by atoms with van der Waals surface area (Å²) < 4.78 is 1.81. The van der Waals surface area contributed by atoms with E-state index in [4.69, 9.17) is 5.73 Å². The predicted octanol–water partition coefficient (Wildman–Crippen LogP) is 1.34. The summed E-state index contributed by atoms with van der Waals surface area (Å²) >= 11 is 0. The van der Waals surface area contributed by atoms with Crippen LogP contribution in [0.25, 0.3) is 5.69 Å². The van der Waals surface area contributed by atoms with Gasteiger partial charge in [-0.1, -0.05) is 18.2 Å². The van der Waals surface area contributed by atoms with Crippen LogP contribution in [0, 0.1) is 13.8 Å². The van der Waals surface area contributed by atoms with Crippen LogP contribution in [0.3, 0.4) is 0 Å². The fourth-order valence-electron chi connectivity index (χ4n) is 1.59. The van der Waals surface area contributed by atoms with Gasteiger partial charge in [0.05, 0.1) is 12.2 Å². The van der Waals surface area contributed by atoms with E-state index >= 15 is 0 Å². The van der Waals surface area contributed by atoms with Crippen molar-refractivity contribution in [2.45, 2.75) is 20.4 Å². The van der Waals surface area contributed by atoms with Crippen LogP contribution in [-0.2, 0) is 6.54 Å². The quantitative estimate of drug-likeness (QED) is 0.799. The molecule has 2 aromatic rings. The maximum Gasteiger partial charge on any atom is 0.148 e. The molecule has 0 saturated heterocycles. The van der Waals surface area contributed by atoms with E-state index < -0.39 is 0 Å². The molecule has 15 heavy (non-hydrogen) atoms. The molecule has 0 radical (unpaired) electrons. The Bertz CT molecular complexity index is 473. The average molecular weight is 202 g/mol.